The number of nitrogens with zero attached hydrogens (tertiary/aromatic N) is 1. The number of anilines is 1. The minimum atomic E-state index is -0.509. The summed E-state index contributed by atoms with van der Waals surface area (Å²) in [6, 6.07) is 14.2. The lowest BCUT2D eigenvalue weighted by molar-refractivity contribution is -0.115. The van der Waals surface area contributed by atoms with Crippen LogP contribution in [0.1, 0.15) is 27.4 Å². The maximum Gasteiger partial charge on any atom is 0.248 e. The van der Waals surface area contributed by atoms with E-state index in [-0.39, 0.29) is 12.3 Å². The Labute approximate surface area is 151 Å². The summed E-state index contributed by atoms with van der Waals surface area (Å²) in [6.07, 6.45) is 0.0960. The lowest BCUT2D eigenvalue weighted by Gasteiger charge is -2.04. The molecule has 6 nitrogen and oxygen atoms in total. The molecule has 0 saturated heterocycles. The highest BCUT2D eigenvalue weighted by Gasteiger charge is 2.16. The Morgan fingerprint density at radius 3 is 2.42 bits per heavy atom. The Morgan fingerprint density at radius 1 is 1.08 bits per heavy atom. The zero-order valence-corrected chi connectivity index (χ0v) is 14.6. The molecule has 1 aromatic heterocycles. The van der Waals surface area contributed by atoms with E-state index in [0.29, 0.717) is 28.6 Å². The molecule has 26 heavy (non-hydrogen) atoms. The number of aromatic nitrogens is 1. The highest BCUT2D eigenvalue weighted by atomic mass is 16.4. The van der Waals surface area contributed by atoms with Crippen molar-refractivity contribution in [2.75, 3.05) is 5.32 Å². The number of nitrogens with two attached hydrogens (primary N) is 1. The fraction of sp³-hybridized carbons (Fsp3) is 0.150. The number of benzene rings is 2. The Hall–Kier alpha value is -3.41. The van der Waals surface area contributed by atoms with Gasteiger partial charge in [-0.3, -0.25) is 9.59 Å². The zero-order valence-electron chi connectivity index (χ0n) is 14.6. The van der Waals surface area contributed by atoms with E-state index in [1.54, 1.807) is 31.2 Å². The second kappa shape index (κ2) is 7.23. The molecule has 0 saturated carbocycles. The van der Waals surface area contributed by atoms with Gasteiger partial charge in [0.25, 0.3) is 0 Å². The normalized spacial score (nSPS) is 10.5. The predicted molar refractivity (Wildman–Crippen MR) is 98.7 cm³/mol. The zero-order chi connectivity index (χ0) is 18.7. The maximum atomic E-state index is 12.3. The van der Waals surface area contributed by atoms with E-state index in [1.165, 1.54) is 0 Å². The average Bonchev–Trinajstić information content (AvgIpc) is 2.96. The van der Waals surface area contributed by atoms with Gasteiger partial charge in [-0.2, -0.15) is 0 Å². The number of amides is 2. The third-order valence-electron chi connectivity index (χ3n) is 4.05. The largest absolute Gasteiger partial charge is 0.441 e. The fourth-order valence-corrected chi connectivity index (χ4v) is 2.60. The molecule has 0 bridgehead atoms. The maximum absolute atomic E-state index is 12.3. The predicted octanol–water partition coefficient (Wildman–Crippen LogP) is 3.24. The van der Waals surface area contributed by atoms with Gasteiger partial charge < -0.3 is 15.5 Å². The van der Waals surface area contributed by atoms with Crippen molar-refractivity contribution in [3.05, 3.63) is 71.1 Å². The van der Waals surface area contributed by atoms with E-state index in [4.69, 9.17) is 10.2 Å². The van der Waals surface area contributed by atoms with Crippen molar-refractivity contribution >= 4 is 17.5 Å². The van der Waals surface area contributed by atoms with Crippen LogP contribution in [-0.2, 0) is 11.2 Å². The molecule has 0 aliphatic rings. The van der Waals surface area contributed by atoms with Crippen LogP contribution < -0.4 is 11.1 Å². The molecular weight excluding hydrogens is 330 g/mol. The lowest BCUT2D eigenvalue weighted by Crippen LogP contribution is -2.15. The summed E-state index contributed by atoms with van der Waals surface area (Å²) in [5.41, 5.74) is 8.72. The lowest BCUT2D eigenvalue weighted by atomic mass is 10.1. The SMILES string of the molecule is Cc1ccccc1-c1nc(CC(=O)Nc2ccc(C(N)=O)cc2)c(C)o1. The second-order valence-electron chi connectivity index (χ2n) is 6.00. The van der Waals surface area contributed by atoms with Gasteiger partial charge in [-0.25, -0.2) is 4.98 Å². The second-order valence-corrected chi connectivity index (χ2v) is 6.00. The number of hydrogen-bond donors (Lipinski definition) is 2. The molecule has 0 radical (unpaired) electrons. The summed E-state index contributed by atoms with van der Waals surface area (Å²) in [7, 11) is 0. The Morgan fingerprint density at radius 2 is 1.77 bits per heavy atom. The van der Waals surface area contributed by atoms with Gasteiger partial charge in [-0.1, -0.05) is 18.2 Å². The molecule has 0 unspecified atom stereocenters. The molecule has 0 spiro atoms. The smallest absolute Gasteiger partial charge is 0.248 e. The average molecular weight is 349 g/mol. The van der Waals surface area contributed by atoms with E-state index in [9.17, 15) is 9.59 Å². The number of rotatable bonds is 5. The van der Waals surface area contributed by atoms with E-state index in [2.05, 4.69) is 10.3 Å². The molecule has 2 aromatic carbocycles. The van der Waals surface area contributed by atoms with Crippen molar-refractivity contribution < 1.29 is 14.0 Å². The number of carbonyl (C=O) groups excluding carboxylic acids is 2. The van der Waals surface area contributed by atoms with Gasteiger partial charge in [0, 0.05) is 16.8 Å². The first-order valence-corrected chi connectivity index (χ1v) is 8.16. The van der Waals surface area contributed by atoms with Crippen LogP contribution in [0.25, 0.3) is 11.5 Å². The van der Waals surface area contributed by atoms with Gasteiger partial charge in [0.1, 0.15) is 5.76 Å². The summed E-state index contributed by atoms with van der Waals surface area (Å²) >= 11 is 0. The monoisotopic (exact) mass is 349 g/mol. The van der Waals surface area contributed by atoms with Crippen LogP contribution in [-0.4, -0.2) is 16.8 Å². The van der Waals surface area contributed by atoms with Crippen molar-refractivity contribution in [2.45, 2.75) is 20.3 Å². The molecule has 0 aliphatic carbocycles. The highest BCUT2D eigenvalue weighted by Crippen LogP contribution is 2.25. The Balaban J connectivity index is 1.72. The van der Waals surface area contributed by atoms with Gasteiger partial charge in [0.05, 0.1) is 12.1 Å². The molecule has 132 valence electrons. The van der Waals surface area contributed by atoms with Crippen LogP contribution in [0.2, 0.25) is 0 Å². The highest BCUT2D eigenvalue weighted by molar-refractivity contribution is 5.95. The van der Waals surface area contributed by atoms with Crippen LogP contribution in [0, 0.1) is 13.8 Å². The summed E-state index contributed by atoms with van der Waals surface area (Å²) in [4.78, 5) is 27.8. The molecule has 3 N–H and O–H groups in total. The van der Waals surface area contributed by atoms with Crippen molar-refractivity contribution in [2.24, 2.45) is 5.73 Å². The molecule has 3 rings (SSSR count). The first-order valence-electron chi connectivity index (χ1n) is 8.16. The molecule has 0 fully saturated rings. The van der Waals surface area contributed by atoms with Crippen LogP contribution in [0.5, 0.6) is 0 Å². The minimum Gasteiger partial charge on any atom is -0.441 e. The molecule has 1 heterocycles. The summed E-state index contributed by atoms with van der Waals surface area (Å²) in [5.74, 6) is 0.395. The number of hydrogen-bond acceptors (Lipinski definition) is 4. The standard InChI is InChI=1S/C20H19N3O3/c1-12-5-3-4-6-16(12)20-23-17(13(2)26-20)11-18(24)22-15-9-7-14(8-10-15)19(21)25/h3-10H,11H2,1-2H3,(H2,21,25)(H,22,24). The van der Waals surface area contributed by atoms with Crippen LogP contribution in [0.4, 0.5) is 5.69 Å². The molecule has 3 aromatic rings. The number of primary amides is 1. The van der Waals surface area contributed by atoms with Crippen molar-refractivity contribution in [3.63, 3.8) is 0 Å². The Bertz CT molecular complexity index is 959. The number of carbonyl (C=O) groups is 2. The summed E-state index contributed by atoms with van der Waals surface area (Å²) < 4.78 is 5.73. The Kier molecular flexibility index (Phi) is 4.84. The topological polar surface area (TPSA) is 98.2 Å². The van der Waals surface area contributed by atoms with Gasteiger partial charge >= 0.3 is 0 Å². The van der Waals surface area contributed by atoms with Gasteiger partial charge in [0.15, 0.2) is 0 Å². The van der Waals surface area contributed by atoms with Gasteiger partial charge in [-0.15, -0.1) is 0 Å². The molecule has 0 atom stereocenters. The fourth-order valence-electron chi connectivity index (χ4n) is 2.60. The molecule has 0 aliphatic heterocycles. The number of aryl methyl sites for hydroxylation is 2. The van der Waals surface area contributed by atoms with E-state index < -0.39 is 5.91 Å². The molecular formula is C20H19N3O3. The van der Waals surface area contributed by atoms with Gasteiger partial charge in [0.2, 0.25) is 17.7 Å². The van der Waals surface area contributed by atoms with Crippen molar-refractivity contribution in [1.82, 2.24) is 4.98 Å². The molecule has 6 heteroatoms. The minimum absolute atomic E-state index is 0.0960. The number of oxazole rings is 1. The first-order chi connectivity index (χ1) is 12.4. The van der Waals surface area contributed by atoms with Gasteiger partial charge in [-0.05, 0) is 49.7 Å². The first kappa shape index (κ1) is 17.4. The van der Waals surface area contributed by atoms with E-state index in [1.807, 2.05) is 31.2 Å². The van der Waals surface area contributed by atoms with Crippen molar-refractivity contribution in [1.29, 1.82) is 0 Å². The third-order valence-corrected chi connectivity index (χ3v) is 4.05. The molecule has 2 amide bonds. The number of nitrogens with one attached hydrogen (secondary N) is 1. The van der Waals surface area contributed by atoms with Crippen molar-refractivity contribution in [3.8, 4) is 11.5 Å². The summed E-state index contributed by atoms with van der Waals surface area (Å²) in [6.45, 7) is 3.77. The van der Waals surface area contributed by atoms with E-state index in [0.717, 1.165) is 11.1 Å². The van der Waals surface area contributed by atoms with Crippen LogP contribution >= 0.6 is 0 Å². The van der Waals surface area contributed by atoms with E-state index >= 15 is 0 Å². The van der Waals surface area contributed by atoms with Crippen LogP contribution in [0.3, 0.4) is 0 Å². The quantitative estimate of drug-likeness (QED) is 0.739. The third kappa shape index (κ3) is 3.80. The summed E-state index contributed by atoms with van der Waals surface area (Å²) in [5, 5.41) is 2.77. The van der Waals surface area contributed by atoms with Crippen LogP contribution in [0.15, 0.2) is 52.9 Å².